The van der Waals surface area contributed by atoms with Gasteiger partial charge in [0, 0.05) is 4.47 Å². The summed E-state index contributed by atoms with van der Waals surface area (Å²) in [7, 11) is 0. The van der Waals surface area contributed by atoms with Crippen LogP contribution >= 0.6 is 15.9 Å². The van der Waals surface area contributed by atoms with Gasteiger partial charge in [0.2, 0.25) is 0 Å². The van der Waals surface area contributed by atoms with Crippen molar-refractivity contribution in [1.29, 1.82) is 0 Å². The molecule has 0 aromatic heterocycles. The molecular weight excluding hydrogens is 266 g/mol. The lowest BCUT2D eigenvalue weighted by Crippen LogP contribution is -2.02. The number of hydrogen-bond acceptors (Lipinski definition) is 1. The molecule has 0 amide bonds. The molecule has 0 N–H and O–H groups in total. The second kappa shape index (κ2) is 4.47. The molecule has 1 saturated carbocycles. The van der Waals surface area contributed by atoms with Crippen LogP contribution in [0.1, 0.15) is 24.8 Å². The minimum Gasteiger partial charge on any atom is -0.493 e. The summed E-state index contributed by atoms with van der Waals surface area (Å²) < 4.78 is 31.4. The summed E-state index contributed by atoms with van der Waals surface area (Å²) in [5.74, 6) is 0.862. The van der Waals surface area contributed by atoms with Crippen molar-refractivity contribution >= 4 is 15.9 Å². The molecule has 0 spiro atoms. The van der Waals surface area contributed by atoms with Crippen LogP contribution in [0, 0.1) is 5.92 Å². The van der Waals surface area contributed by atoms with Gasteiger partial charge < -0.3 is 4.74 Å². The fraction of sp³-hybridized carbons (Fsp3) is 0.455. The Morgan fingerprint density at radius 2 is 2.13 bits per heavy atom. The zero-order valence-electron chi connectivity index (χ0n) is 8.05. The number of alkyl halides is 2. The molecule has 1 aliphatic carbocycles. The highest BCUT2D eigenvalue weighted by Crippen LogP contribution is 2.34. The van der Waals surface area contributed by atoms with Crippen LogP contribution in [0.25, 0.3) is 0 Å². The molecule has 0 bridgehead atoms. The highest BCUT2D eigenvalue weighted by molar-refractivity contribution is 9.10. The van der Waals surface area contributed by atoms with Gasteiger partial charge in [0.15, 0.2) is 0 Å². The van der Waals surface area contributed by atoms with Crippen LogP contribution in [0.4, 0.5) is 8.78 Å². The SMILES string of the molecule is FC(F)c1ccc(Br)cc1OCC1CC1. The molecule has 0 heterocycles. The zero-order valence-corrected chi connectivity index (χ0v) is 9.64. The second-order valence-corrected chi connectivity index (χ2v) is 4.65. The third kappa shape index (κ3) is 2.91. The first-order valence-corrected chi connectivity index (χ1v) is 5.66. The van der Waals surface area contributed by atoms with Gasteiger partial charge in [-0.25, -0.2) is 8.78 Å². The highest BCUT2D eigenvalue weighted by Gasteiger charge is 2.23. The molecular formula is C11H11BrF2O. The van der Waals surface area contributed by atoms with Crippen molar-refractivity contribution in [3.63, 3.8) is 0 Å². The van der Waals surface area contributed by atoms with Crippen LogP contribution in [0.3, 0.4) is 0 Å². The summed E-state index contributed by atoms with van der Waals surface area (Å²) in [6, 6.07) is 4.60. The molecule has 4 heteroatoms. The first-order valence-electron chi connectivity index (χ1n) is 4.87. The quantitative estimate of drug-likeness (QED) is 0.802. The molecule has 0 aliphatic heterocycles. The summed E-state index contributed by atoms with van der Waals surface area (Å²) in [4.78, 5) is 0. The molecule has 0 saturated heterocycles. The van der Waals surface area contributed by atoms with Crippen LogP contribution in [-0.4, -0.2) is 6.61 Å². The van der Waals surface area contributed by atoms with Crippen LogP contribution in [0.2, 0.25) is 0 Å². The average molecular weight is 277 g/mol. The Bertz CT molecular complexity index is 350. The highest BCUT2D eigenvalue weighted by atomic mass is 79.9. The number of halogens is 3. The van der Waals surface area contributed by atoms with Crippen LogP contribution in [-0.2, 0) is 0 Å². The number of rotatable bonds is 4. The molecule has 1 aromatic rings. The van der Waals surface area contributed by atoms with Crippen molar-refractivity contribution in [2.24, 2.45) is 5.92 Å². The minimum atomic E-state index is -2.48. The third-order valence-electron chi connectivity index (χ3n) is 2.38. The molecule has 0 atom stereocenters. The van der Waals surface area contributed by atoms with Gasteiger partial charge in [-0.3, -0.25) is 0 Å². The lowest BCUT2D eigenvalue weighted by Gasteiger charge is -2.10. The van der Waals surface area contributed by atoms with Gasteiger partial charge in [-0.15, -0.1) is 0 Å². The molecule has 0 unspecified atom stereocenters. The molecule has 2 rings (SSSR count). The fourth-order valence-corrected chi connectivity index (χ4v) is 1.65. The summed E-state index contributed by atoms with van der Waals surface area (Å²) in [6.45, 7) is 0.552. The minimum absolute atomic E-state index is 0.0288. The maximum Gasteiger partial charge on any atom is 0.267 e. The Balaban J connectivity index is 2.13. The molecule has 15 heavy (non-hydrogen) atoms. The van der Waals surface area contributed by atoms with Gasteiger partial charge in [-0.1, -0.05) is 15.9 Å². The summed E-state index contributed by atoms with van der Waals surface area (Å²) in [5.41, 5.74) is -0.0288. The normalized spacial score (nSPS) is 15.7. The predicted octanol–water partition coefficient (Wildman–Crippen LogP) is 4.18. The maximum absolute atomic E-state index is 12.6. The smallest absolute Gasteiger partial charge is 0.267 e. The van der Waals surface area contributed by atoms with E-state index in [0.29, 0.717) is 18.3 Å². The lowest BCUT2D eigenvalue weighted by atomic mass is 10.2. The zero-order chi connectivity index (χ0) is 10.8. The van der Waals surface area contributed by atoms with E-state index in [1.54, 1.807) is 12.1 Å². The maximum atomic E-state index is 12.6. The molecule has 1 nitrogen and oxygen atoms in total. The van der Waals surface area contributed by atoms with Crippen molar-refractivity contribution in [1.82, 2.24) is 0 Å². The summed E-state index contributed by atoms with van der Waals surface area (Å²) in [6.07, 6.45) is -0.178. The van der Waals surface area contributed by atoms with E-state index >= 15 is 0 Å². The van der Waals surface area contributed by atoms with Gasteiger partial charge in [0.25, 0.3) is 6.43 Å². The lowest BCUT2D eigenvalue weighted by molar-refractivity contribution is 0.144. The Kier molecular flexibility index (Phi) is 3.24. The Morgan fingerprint density at radius 3 is 2.73 bits per heavy atom. The van der Waals surface area contributed by atoms with E-state index in [4.69, 9.17) is 4.74 Å². The Morgan fingerprint density at radius 1 is 1.40 bits per heavy atom. The number of hydrogen-bond donors (Lipinski definition) is 0. The van der Waals surface area contributed by atoms with E-state index in [1.165, 1.54) is 6.07 Å². The van der Waals surface area contributed by atoms with Crippen molar-refractivity contribution in [3.8, 4) is 5.75 Å². The van der Waals surface area contributed by atoms with Gasteiger partial charge in [0.1, 0.15) is 5.75 Å². The molecule has 1 fully saturated rings. The van der Waals surface area contributed by atoms with E-state index in [0.717, 1.165) is 17.3 Å². The molecule has 1 aromatic carbocycles. The van der Waals surface area contributed by atoms with Gasteiger partial charge in [0.05, 0.1) is 12.2 Å². The van der Waals surface area contributed by atoms with Gasteiger partial charge >= 0.3 is 0 Å². The number of benzene rings is 1. The van der Waals surface area contributed by atoms with Crippen molar-refractivity contribution < 1.29 is 13.5 Å². The molecule has 0 radical (unpaired) electrons. The molecule has 1 aliphatic rings. The number of ether oxygens (including phenoxy) is 1. The predicted molar refractivity (Wildman–Crippen MR) is 57.3 cm³/mol. The van der Waals surface area contributed by atoms with E-state index < -0.39 is 6.43 Å². The van der Waals surface area contributed by atoms with E-state index in [2.05, 4.69) is 15.9 Å². The van der Waals surface area contributed by atoms with Gasteiger partial charge in [-0.2, -0.15) is 0 Å². The summed E-state index contributed by atoms with van der Waals surface area (Å²) in [5, 5.41) is 0. The topological polar surface area (TPSA) is 9.23 Å². The van der Waals surface area contributed by atoms with E-state index in [1.807, 2.05) is 0 Å². The monoisotopic (exact) mass is 276 g/mol. The Hall–Kier alpha value is -0.640. The van der Waals surface area contributed by atoms with Crippen molar-refractivity contribution in [2.45, 2.75) is 19.3 Å². The van der Waals surface area contributed by atoms with E-state index in [9.17, 15) is 8.78 Å². The van der Waals surface area contributed by atoms with Crippen LogP contribution in [0.5, 0.6) is 5.75 Å². The summed E-state index contributed by atoms with van der Waals surface area (Å²) >= 11 is 3.24. The second-order valence-electron chi connectivity index (χ2n) is 3.74. The standard InChI is InChI=1S/C11H11BrF2O/c12-8-3-4-9(11(13)14)10(5-8)15-6-7-1-2-7/h3-5,7,11H,1-2,6H2. The van der Waals surface area contributed by atoms with Crippen LogP contribution in [0.15, 0.2) is 22.7 Å². The first-order chi connectivity index (χ1) is 7.16. The molecule has 82 valence electrons. The fourth-order valence-electron chi connectivity index (χ4n) is 1.31. The Labute approximate surface area is 95.6 Å². The van der Waals surface area contributed by atoms with Crippen molar-refractivity contribution in [3.05, 3.63) is 28.2 Å². The first kappa shape index (κ1) is 10.9. The van der Waals surface area contributed by atoms with Crippen LogP contribution < -0.4 is 4.74 Å². The van der Waals surface area contributed by atoms with Gasteiger partial charge in [-0.05, 0) is 37.0 Å². The average Bonchev–Trinajstić information content (AvgIpc) is 2.97. The van der Waals surface area contributed by atoms with E-state index in [-0.39, 0.29) is 5.56 Å². The van der Waals surface area contributed by atoms with Crippen molar-refractivity contribution in [2.75, 3.05) is 6.61 Å². The third-order valence-corrected chi connectivity index (χ3v) is 2.88. The largest absolute Gasteiger partial charge is 0.493 e.